The number of ether oxygens (including phenoxy) is 2. The van der Waals surface area contributed by atoms with Crippen molar-refractivity contribution in [2.45, 2.75) is 37.7 Å². The second-order valence-corrected chi connectivity index (χ2v) is 5.90. The molecular weight excluding hydrogens is 316 g/mol. The Morgan fingerprint density at radius 3 is 3.06 bits per heavy atom. The van der Waals surface area contributed by atoms with Crippen LogP contribution in [0.2, 0.25) is 0 Å². The minimum Gasteiger partial charge on any atom is -0.494 e. The first-order valence-electron chi connectivity index (χ1n) is 6.38. The van der Waals surface area contributed by atoms with Gasteiger partial charge in [-0.15, -0.1) is 11.6 Å². The monoisotopic (exact) mass is 332 g/mol. The average molecular weight is 334 g/mol. The Bertz CT molecular complexity index is 391. The lowest BCUT2D eigenvalue weighted by molar-refractivity contribution is 0.103. The lowest BCUT2D eigenvalue weighted by Crippen LogP contribution is -2.09. The van der Waals surface area contributed by atoms with Crippen molar-refractivity contribution in [1.82, 2.24) is 0 Å². The largest absolute Gasteiger partial charge is 0.494 e. The van der Waals surface area contributed by atoms with Crippen LogP contribution in [-0.2, 0) is 4.74 Å². The highest BCUT2D eigenvalue weighted by molar-refractivity contribution is 9.10. The van der Waals surface area contributed by atoms with E-state index in [2.05, 4.69) is 15.9 Å². The van der Waals surface area contributed by atoms with E-state index in [-0.39, 0.29) is 5.38 Å². The molecule has 2 unspecified atom stereocenters. The van der Waals surface area contributed by atoms with Gasteiger partial charge in [0.15, 0.2) is 0 Å². The van der Waals surface area contributed by atoms with Crippen molar-refractivity contribution in [3.8, 4) is 5.75 Å². The smallest absolute Gasteiger partial charge is 0.124 e. The van der Waals surface area contributed by atoms with Crippen LogP contribution < -0.4 is 4.74 Å². The summed E-state index contributed by atoms with van der Waals surface area (Å²) in [4.78, 5) is 0. The van der Waals surface area contributed by atoms with Crippen LogP contribution in [0.4, 0.5) is 0 Å². The maximum atomic E-state index is 6.52. The number of rotatable bonds is 5. The van der Waals surface area contributed by atoms with Crippen LogP contribution in [0.25, 0.3) is 0 Å². The molecule has 2 nitrogen and oxygen atoms in total. The summed E-state index contributed by atoms with van der Waals surface area (Å²) < 4.78 is 12.3. The molecule has 0 radical (unpaired) electrons. The van der Waals surface area contributed by atoms with Gasteiger partial charge in [0, 0.05) is 16.6 Å². The molecule has 0 spiro atoms. The van der Waals surface area contributed by atoms with Gasteiger partial charge < -0.3 is 9.47 Å². The van der Waals surface area contributed by atoms with Gasteiger partial charge in [-0.25, -0.2) is 0 Å². The molecule has 1 aliphatic rings. The molecule has 0 aromatic heterocycles. The SMILES string of the molecule is CCOc1ccc(Br)cc1C(Cl)CC1CCCO1. The molecule has 1 saturated heterocycles. The van der Waals surface area contributed by atoms with E-state index in [0.717, 1.165) is 41.7 Å². The predicted molar refractivity (Wildman–Crippen MR) is 77.5 cm³/mol. The highest BCUT2D eigenvalue weighted by atomic mass is 79.9. The van der Waals surface area contributed by atoms with Crippen molar-refractivity contribution in [3.63, 3.8) is 0 Å². The second-order valence-electron chi connectivity index (χ2n) is 4.45. The third kappa shape index (κ3) is 3.62. The average Bonchev–Trinajstić information content (AvgIpc) is 2.84. The summed E-state index contributed by atoms with van der Waals surface area (Å²) in [5.41, 5.74) is 1.04. The lowest BCUT2D eigenvalue weighted by atomic mass is 10.0. The van der Waals surface area contributed by atoms with Gasteiger partial charge in [-0.3, -0.25) is 0 Å². The summed E-state index contributed by atoms with van der Waals surface area (Å²) in [6.07, 6.45) is 3.39. The Balaban J connectivity index is 2.11. The lowest BCUT2D eigenvalue weighted by Gasteiger charge is -2.18. The van der Waals surface area contributed by atoms with E-state index in [0.29, 0.717) is 12.7 Å². The normalized spacial score (nSPS) is 20.9. The molecule has 0 N–H and O–H groups in total. The van der Waals surface area contributed by atoms with Gasteiger partial charge >= 0.3 is 0 Å². The predicted octanol–water partition coefficient (Wildman–Crippen LogP) is 4.70. The first kappa shape index (κ1) is 14.2. The Morgan fingerprint density at radius 2 is 2.39 bits per heavy atom. The van der Waals surface area contributed by atoms with E-state index >= 15 is 0 Å². The van der Waals surface area contributed by atoms with Crippen LogP contribution in [0.15, 0.2) is 22.7 Å². The molecule has 0 bridgehead atoms. The number of alkyl halides is 1. The van der Waals surface area contributed by atoms with Crippen molar-refractivity contribution in [2.75, 3.05) is 13.2 Å². The van der Waals surface area contributed by atoms with Crippen molar-refractivity contribution in [2.24, 2.45) is 0 Å². The molecular formula is C14H18BrClO2. The van der Waals surface area contributed by atoms with Crippen molar-refractivity contribution >= 4 is 27.5 Å². The highest BCUT2D eigenvalue weighted by Gasteiger charge is 2.22. The van der Waals surface area contributed by atoms with E-state index in [4.69, 9.17) is 21.1 Å². The zero-order valence-electron chi connectivity index (χ0n) is 10.5. The molecule has 1 fully saturated rings. The number of halogens is 2. The van der Waals surface area contributed by atoms with E-state index in [1.54, 1.807) is 0 Å². The first-order valence-corrected chi connectivity index (χ1v) is 7.61. The number of benzene rings is 1. The molecule has 4 heteroatoms. The summed E-state index contributed by atoms with van der Waals surface area (Å²) >= 11 is 10.0. The van der Waals surface area contributed by atoms with Crippen LogP contribution in [0.3, 0.4) is 0 Å². The molecule has 1 aromatic rings. The fraction of sp³-hybridized carbons (Fsp3) is 0.571. The van der Waals surface area contributed by atoms with Crippen LogP contribution in [-0.4, -0.2) is 19.3 Å². The van der Waals surface area contributed by atoms with Gasteiger partial charge in [-0.2, -0.15) is 0 Å². The quantitative estimate of drug-likeness (QED) is 0.727. The van der Waals surface area contributed by atoms with Crippen LogP contribution in [0.5, 0.6) is 5.75 Å². The van der Waals surface area contributed by atoms with Gasteiger partial charge in [-0.1, -0.05) is 15.9 Å². The van der Waals surface area contributed by atoms with E-state index < -0.39 is 0 Å². The fourth-order valence-electron chi connectivity index (χ4n) is 2.24. The summed E-state index contributed by atoms with van der Waals surface area (Å²) in [5.74, 6) is 0.874. The Hall–Kier alpha value is -0.250. The number of hydrogen-bond donors (Lipinski definition) is 0. The molecule has 18 heavy (non-hydrogen) atoms. The van der Waals surface area contributed by atoms with Crippen LogP contribution in [0.1, 0.15) is 37.1 Å². The van der Waals surface area contributed by atoms with Crippen molar-refractivity contribution < 1.29 is 9.47 Å². The zero-order chi connectivity index (χ0) is 13.0. The van der Waals surface area contributed by atoms with Gasteiger partial charge in [-0.05, 0) is 44.4 Å². The van der Waals surface area contributed by atoms with Gasteiger partial charge in [0.1, 0.15) is 5.75 Å². The van der Waals surface area contributed by atoms with Crippen LogP contribution in [0, 0.1) is 0 Å². The summed E-state index contributed by atoms with van der Waals surface area (Å²) in [7, 11) is 0. The topological polar surface area (TPSA) is 18.5 Å². The maximum Gasteiger partial charge on any atom is 0.124 e. The minimum absolute atomic E-state index is 0.0628. The summed E-state index contributed by atoms with van der Waals surface area (Å²) in [5, 5.41) is -0.0628. The molecule has 2 atom stereocenters. The molecule has 0 amide bonds. The third-order valence-corrected chi connectivity index (χ3v) is 4.01. The standard InChI is InChI=1S/C14H18BrClO2/c1-2-17-14-6-5-10(15)8-12(14)13(16)9-11-4-3-7-18-11/h5-6,8,11,13H,2-4,7,9H2,1H3. The molecule has 1 aliphatic heterocycles. The van der Waals surface area contributed by atoms with Crippen LogP contribution >= 0.6 is 27.5 Å². The van der Waals surface area contributed by atoms with Gasteiger partial charge in [0.2, 0.25) is 0 Å². The summed E-state index contributed by atoms with van der Waals surface area (Å²) in [6.45, 7) is 3.50. The van der Waals surface area contributed by atoms with E-state index in [9.17, 15) is 0 Å². The molecule has 1 heterocycles. The second kappa shape index (κ2) is 6.78. The zero-order valence-corrected chi connectivity index (χ0v) is 12.8. The first-order chi connectivity index (χ1) is 8.70. The van der Waals surface area contributed by atoms with Gasteiger partial charge in [0.05, 0.1) is 18.1 Å². The highest BCUT2D eigenvalue weighted by Crippen LogP contribution is 2.37. The van der Waals surface area contributed by atoms with E-state index in [1.807, 2.05) is 25.1 Å². The Morgan fingerprint density at radius 1 is 1.56 bits per heavy atom. The van der Waals surface area contributed by atoms with Gasteiger partial charge in [0.25, 0.3) is 0 Å². The fourth-order valence-corrected chi connectivity index (χ4v) is 2.99. The molecule has 0 saturated carbocycles. The van der Waals surface area contributed by atoms with Crippen molar-refractivity contribution in [3.05, 3.63) is 28.2 Å². The molecule has 0 aliphatic carbocycles. The Labute approximate surface area is 122 Å². The Kier molecular flexibility index (Phi) is 5.34. The molecule has 2 rings (SSSR count). The number of hydrogen-bond acceptors (Lipinski definition) is 2. The molecule has 1 aromatic carbocycles. The minimum atomic E-state index is -0.0628. The third-order valence-electron chi connectivity index (χ3n) is 3.10. The summed E-state index contributed by atoms with van der Waals surface area (Å²) in [6, 6.07) is 5.98. The molecule has 100 valence electrons. The maximum absolute atomic E-state index is 6.52. The van der Waals surface area contributed by atoms with Crippen molar-refractivity contribution in [1.29, 1.82) is 0 Å². The van der Waals surface area contributed by atoms with E-state index in [1.165, 1.54) is 0 Å².